The van der Waals surface area contributed by atoms with E-state index in [2.05, 4.69) is 10.6 Å². The number of halogens is 1. The molecule has 2 amide bonds. The van der Waals surface area contributed by atoms with Crippen LogP contribution in [0.2, 0.25) is 5.02 Å². The third-order valence-electron chi connectivity index (χ3n) is 2.46. The molecule has 0 radical (unpaired) electrons. The molecule has 1 heterocycles. The molecule has 2 aromatic rings. The van der Waals surface area contributed by atoms with E-state index in [0.717, 1.165) is 0 Å². The lowest BCUT2D eigenvalue weighted by molar-refractivity contribution is 0.0697. The fraction of sp³-hybridized carbons (Fsp3) is 0.0769. The standard InChI is InChI=1S/C13H11ClN2O4/c14-10-4-3-8(12(17)18)6-11(10)16-13(19)15-7-9-2-1-5-20-9/h1-6H,7H2,(H,17,18)(H2,15,16,19). The molecular weight excluding hydrogens is 284 g/mol. The van der Waals surface area contributed by atoms with Crippen molar-refractivity contribution in [1.82, 2.24) is 5.32 Å². The van der Waals surface area contributed by atoms with Crippen LogP contribution in [0.4, 0.5) is 10.5 Å². The second kappa shape index (κ2) is 6.12. The van der Waals surface area contributed by atoms with Gasteiger partial charge < -0.3 is 20.2 Å². The first-order chi connectivity index (χ1) is 9.56. The van der Waals surface area contributed by atoms with Crippen LogP contribution in [0, 0.1) is 0 Å². The Morgan fingerprint density at radius 2 is 2.10 bits per heavy atom. The van der Waals surface area contributed by atoms with Gasteiger partial charge in [0.05, 0.1) is 29.1 Å². The Balaban J connectivity index is 2.00. The number of hydrogen-bond donors (Lipinski definition) is 3. The molecule has 0 spiro atoms. The summed E-state index contributed by atoms with van der Waals surface area (Å²) in [7, 11) is 0. The zero-order valence-corrected chi connectivity index (χ0v) is 11.0. The van der Waals surface area contributed by atoms with Crippen LogP contribution in [0.3, 0.4) is 0 Å². The van der Waals surface area contributed by atoms with Gasteiger partial charge in [-0.1, -0.05) is 11.6 Å². The summed E-state index contributed by atoms with van der Waals surface area (Å²) in [5.41, 5.74) is 0.263. The molecule has 0 saturated heterocycles. The Morgan fingerprint density at radius 1 is 1.30 bits per heavy atom. The Bertz CT molecular complexity index is 625. The predicted octanol–water partition coefficient (Wildman–Crippen LogP) is 2.95. The maximum atomic E-state index is 11.7. The van der Waals surface area contributed by atoms with Crippen molar-refractivity contribution >= 4 is 29.3 Å². The van der Waals surface area contributed by atoms with Crippen molar-refractivity contribution in [1.29, 1.82) is 0 Å². The lowest BCUT2D eigenvalue weighted by Gasteiger charge is -2.09. The topological polar surface area (TPSA) is 91.6 Å². The first-order valence-corrected chi connectivity index (χ1v) is 6.04. The van der Waals surface area contributed by atoms with Crippen molar-refractivity contribution < 1.29 is 19.1 Å². The van der Waals surface area contributed by atoms with Gasteiger partial charge in [-0.05, 0) is 30.3 Å². The maximum absolute atomic E-state index is 11.7. The fourth-order valence-electron chi connectivity index (χ4n) is 1.50. The number of hydrogen-bond acceptors (Lipinski definition) is 3. The number of benzene rings is 1. The summed E-state index contributed by atoms with van der Waals surface area (Å²) < 4.78 is 5.06. The summed E-state index contributed by atoms with van der Waals surface area (Å²) in [4.78, 5) is 22.5. The predicted molar refractivity (Wildman–Crippen MR) is 73.0 cm³/mol. The van der Waals surface area contributed by atoms with Crippen molar-refractivity contribution in [2.75, 3.05) is 5.32 Å². The number of furan rings is 1. The largest absolute Gasteiger partial charge is 0.478 e. The van der Waals surface area contributed by atoms with Crippen LogP contribution in [0.1, 0.15) is 16.1 Å². The number of nitrogens with one attached hydrogen (secondary N) is 2. The summed E-state index contributed by atoms with van der Waals surface area (Å²) >= 11 is 5.89. The van der Waals surface area contributed by atoms with Gasteiger partial charge >= 0.3 is 12.0 Å². The molecule has 0 fully saturated rings. The normalized spacial score (nSPS) is 10.1. The molecule has 0 aliphatic heterocycles. The quantitative estimate of drug-likeness (QED) is 0.808. The highest BCUT2D eigenvalue weighted by molar-refractivity contribution is 6.33. The van der Waals surface area contributed by atoms with E-state index in [1.165, 1.54) is 24.5 Å². The van der Waals surface area contributed by atoms with Gasteiger partial charge in [-0.15, -0.1) is 0 Å². The van der Waals surface area contributed by atoms with Gasteiger partial charge in [0.15, 0.2) is 0 Å². The third-order valence-corrected chi connectivity index (χ3v) is 2.79. The van der Waals surface area contributed by atoms with Crippen LogP contribution in [-0.2, 0) is 6.54 Å². The molecule has 0 bridgehead atoms. The number of carbonyl (C=O) groups excluding carboxylic acids is 1. The Labute approximate surface area is 119 Å². The lowest BCUT2D eigenvalue weighted by atomic mass is 10.2. The molecule has 6 nitrogen and oxygen atoms in total. The van der Waals surface area contributed by atoms with Crippen molar-refractivity contribution in [3.63, 3.8) is 0 Å². The second-order valence-electron chi connectivity index (χ2n) is 3.89. The van der Waals surface area contributed by atoms with Crippen molar-refractivity contribution in [2.45, 2.75) is 6.54 Å². The molecule has 0 atom stereocenters. The Kier molecular flexibility index (Phi) is 4.27. The lowest BCUT2D eigenvalue weighted by Crippen LogP contribution is -2.28. The minimum Gasteiger partial charge on any atom is -0.478 e. The summed E-state index contributed by atoms with van der Waals surface area (Å²) in [6, 6.07) is 6.98. The van der Waals surface area contributed by atoms with Crippen LogP contribution in [0.5, 0.6) is 0 Å². The summed E-state index contributed by atoms with van der Waals surface area (Å²) in [6.45, 7) is 0.217. The number of carboxylic acid groups (broad SMARTS) is 1. The molecular formula is C13H11ClN2O4. The highest BCUT2D eigenvalue weighted by atomic mass is 35.5. The number of rotatable bonds is 4. The molecule has 1 aromatic heterocycles. The molecule has 20 heavy (non-hydrogen) atoms. The van der Waals surface area contributed by atoms with E-state index in [1.54, 1.807) is 12.1 Å². The molecule has 0 aliphatic carbocycles. The maximum Gasteiger partial charge on any atom is 0.335 e. The van der Waals surface area contributed by atoms with Gasteiger partial charge in [-0.25, -0.2) is 9.59 Å². The zero-order chi connectivity index (χ0) is 14.5. The molecule has 0 aliphatic rings. The van der Waals surface area contributed by atoms with Crippen LogP contribution in [0.25, 0.3) is 0 Å². The highest BCUT2D eigenvalue weighted by Gasteiger charge is 2.10. The smallest absolute Gasteiger partial charge is 0.335 e. The second-order valence-corrected chi connectivity index (χ2v) is 4.29. The van der Waals surface area contributed by atoms with Crippen LogP contribution in [0.15, 0.2) is 41.0 Å². The molecule has 0 unspecified atom stereocenters. The Morgan fingerprint density at radius 3 is 2.75 bits per heavy atom. The van der Waals surface area contributed by atoms with E-state index in [-0.39, 0.29) is 22.8 Å². The van der Waals surface area contributed by atoms with Crippen LogP contribution >= 0.6 is 11.6 Å². The van der Waals surface area contributed by atoms with Crippen LogP contribution < -0.4 is 10.6 Å². The minimum atomic E-state index is -1.10. The van der Waals surface area contributed by atoms with Gasteiger partial charge in [0, 0.05) is 0 Å². The van der Waals surface area contributed by atoms with Crippen molar-refractivity contribution in [3.8, 4) is 0 Å². The van der Waals surface area contributed by atoms with E-state index in [9.17, 15) is 9.59 Å². The monoisotopic (exact) mass is 294 g/mol. The fourth-order valence-corrected chi connectivity index (χ4v) is 1.67. The summed E-state index contributed by atoms with van der Waals surface area (Å²) in [6.07, 6.45) is 1.50. The average Bonchev–Trinajstić information content (AvgIpc) is 2.92. The first kappa shape index (κ1) is 14.0. The molecule has 7 heteroatoms. The van der Waals surface area contributed by atoms with Gasteiger partial charge in [-0.2, -0.15) is 0 Å². The third kappa shape index (κ3) is 3.52. The molecule has 2 rings (SSSR count). The number of anilines is 1. The van der Waals surface area contributed by atoms with E-state index >= 15 is 0 Å². The average molecular weight is 295 g/mol. The molecule has 3 N–H and O–H groups in total. The van der Waals surface area contributed by atoms with Crippen molar-refractivity contribution in [2.24, 2.45) is 0 Å². The van der Waals surface area contributed by atoms with Gasteiger partial charge in [0.2, 0.25) is 0 Å². The number of amides is 2. The van der Waals surface area contributed by atoms with Crippen LogP contribution in [-0.4, -0.2) is 17.1 Å². The number of carbonyl (C=O) groups is 2. The van der Waals surface area contributed by atoms with Gasteiger partial charge in [0.1, 0.15) is 5.76 Å². The van der Waals surface area contributed by atoms with Crippen molar-refractivity contribution in [3.05, 3.63) is 52.9 Å². The SMILES string of the molecule is O=C(NCc1ccco1)Nc1cc(C(=O)O)ccc1Cl. The first-order valence-electron chi connectivity index (χ1n) is 5.66. The van der Waals surface area contributed by atoms with E-state index < -0.39 is 12.0 Å². The number of urea groups is 1. The van der Waals surface area contributed by atoms with Gasteiger partial charge in [0.25, 0.3) is 0 Å². The zero-order valence-electron chi connectivity index (χ0n) is 10.2. The minimum absolute atomic E-state index is 0.0377. The highest BCUT2D eigenvalue weighted by Crippen LogP contribution is 2.23. The number of carboxylic acids is 1. The molecule has 104 valence electrons. The molecule has 0 saturated carbocycles. The number of aromatic carboxylic acids is 1. The van der Waals surface area contributed by atoms with E-state index in [4.69, 9.17) is 21.1 Å². The van der Waals surface area contributed by atoms with Gasteiger partial charge in [-0.3, -0.25) is 0 Å². The summed E-state index contributed by atoms with van der Waals surface area (Å²) in [5, 5.41) is 14.2. The summed E-state index contributed by atoms with van der Waals surface area (Å²) in [5.74, 6) is -0.494. The molecule has 1 aromatic carbocycles. The van der Waals surface area contributed by atoms with E-state index in [0.29, 0.717) is 5.76 Å². The Hall–Kier alpha value is -2.47. The van der Waals surface area contributed by atoms with E-state index in [1.807, 2.05) is 0 Å².